The van der Waals surface area contributed by atoms with Gasteiger partial charge >= 0.3 is 27.3 Å². The number of benzene rings is 2. The summed E-state index contributed by atoms with van der Waals surface area (Å²) in [4.78, 5) is 21.8. The summed E-state index contributed by atoms with van der Waals surface area (Å²) in [5.74, 6) is -2.14. The number of rotatable bonds is 4. The predicted octanol–water partition coefficient (Wildman–Crippen LogP) is 2.76. The van der Waals surface area contributed by atoms with Crippen molar-refractivity contribution >= 4 is 32.5 Å². The Morgan fingerprint density at radius 1 is 1.20 bits per heavy atom. The largest absolute Gasteiger partial charge is 0.534 e. The molecule has 0 bridgehead atoms. The number of ether oxygens (including phenoxy) is 1. The zero-order chi connectivity index (χ0) is 19.0. The van der Waals surface area contributed by atoms with Crippen LogP contribution in [0.4, 0.5) is 18.9 Å². The Hall–Kier alpha value is -2.89. The maximum atomic E-state index is 12.6. The van der Waals surface area contributed by atoms with E-state index in [-0.39, 0.29) is 16.3 Å². The monoisotopic (exact) mass is 379 g/mol. The summed E-state index contributed by atoms with van der Waals surface area (Å²) >= 11 is 0. The second-order valence-corrected chi connectivity index (χ2v) is 6.09. The molecule has 0 aromatic heterocycles. The molecule has 2 aromatic rings. The standard InChI is InChI=1S/C13H8F3NO7S/c1-23-12(18)9-6-10(17(19)20)11(8-5-3-2-4-7(8)9)24-25(21,22)13(14,15)16/h2-6H,1H3. The van der Waals surface area contributed by atoms with E-state index in [1.54, 1.807) is 0 Å². The quantitative estimate of drug-likeness (QED) is 0.264. The first kappa shape index (κ1) is 18.4. The van der Waals surface area contributed by atoms with Crippen molar-refractivity contribution in [1.29, 1.82) is 0 Å². The molecule has 25 heavy (non-hydrogen) atoms. The van der Waals surface area contributed by atoms with Crippen molar-refractivity contribution in [3.8, 4) is 5.75 Å². The molecule has 0 saturated carbocycles. The Kier molecular flexibility index (Phi) is 4.57. The van der Waals surface area contributed by atoms with Crippen LogP contribution in [0.15, 0.2) is 30.3 Å². The number of hydrogen-bond donors (Lipinski definition) is 0. The lowest BCUT2D eigenvalue weighted by Gasteiger charge is -2.13. The molecule has 0 heterocycles. The van der Waals surface area contributed by atoms with Crippen LogP contribution in [0, 0.1) is 10.1 Å². The summed E-state index contributed by atoms with van der Waals surface area (Å²) in [6.45, 7) is 0. The van der Waals surface area contributed by atoms with Gasteiger partial charge in [0, 0.05) is 16.8 Å². The Morgan fingerprint density at radius 3 is 2.24 bits per heavy atom. The number of hydrogen-bond acceptors (Lipinski definition) is 7. The topological polar surface area (TPSA) is 113 Å². The lowest BCUT2D eigenvalue weighted by atomic mass is 10.0. The highest BCUT2D eigenvalue weighted by molar-refractivity contribution is 7.88. The van der Waals surface area contributed by atoms with E-state index in [1.165, 1.54) is 18.2 Å². The molecule has 2 aromatic carbocycles. The number of halogens is 3. The van der Waals surface area contributed by atoms with Gasteiger partial charge in [-0.05, 0) is 0 Å². The third-order valence-corrected chi connectivity index (χ3v) is 4.01. The molecule has 0 radical (unpaired) electrons. The molecule has 12 heteroatoms. The molecule has 0 fully saturated rings. The number of esters is 1. The summed E-state index contributed by atoms with van der Waals surface area (Å²) in [7, 11) is -5.16. The van der Waals surface area contributed by atoms with Gasteiger partial charge in [-0.1, -0.05) is 24.3 Å². The van der Waals surface area contributed by atoms with Crippen molar-refractivity contribution in [2.45, 2.75) is 5.51 Å². The van der Waals surface area contributed by atoms with Gasteiger partial charge in [0.25, 0.3) is 0 Å². The van der Waals surface area contributed by atoms with Crippen molar-refractivity contribution < 1.29 is 40.2 Å². The second kappa shape index (κ2) is 6.20. The van der Waals surface area contributed by atoms with Crippen molar-refractivity contribution in [3.05, 3.63) is 46.0 Å². The fourth-order valence-electron chi connectivity index (χ4n) is 1.99. The minimum Gasteiger partial charge on any atom is -0.465 e. The first-order valence-electron chi connectivity index (χ1n) is 6.29. The molecule has 0 spiro atoms. The molecule has 0 amide bonds. The van der Waals surface area contributed by atoms with E-state index < -0.39 is 38.0 Å². The number of alkyl halides is 3. The average Bonchev–Trinajstić information content (AvgIpc) is 2.52. The van der Waals surface area contributed by atoms with Crippen LogP contribution in [-0.4, -0.2) is 31.9 Å². The van der Waals surface area contributed by atoms with Gasteiger partial charge in [0.05, 0.1) is 17.6 Å². The molecular formula is C13H8F3NO7S. The molecule has 0 atom stereocenters. The van der Waals surface area contributed by atoms with Crippen LogP contribution in [0.1, 0.15) is 10.4 Å². The highest BCUT2D eigenvalue weighted by Crippen LogP contribution is 2.40. The lowest BCUT2D eigenvalue weighted by molar-refractivity contribution is -0.385. The number of nitro groups is 1. The molecule has 2 rings (SSSR count). The Labute approximate surface area is 138 Å². The fraction of sp³-hybridized carbons (Fsp3) is 0.154. The van der Waals surface area contributed by atoms with Gasteiger partial charge in [-0.3, -0.25) is 10.1 Å². The van der Waals surface area contributed by atoms with Crippen molar-refractivity contribution in [2.75, 3.05) is 7.11 Å². The van der Waals surface area contributed by atoms with Gasteiger partial charge in [-0.2, -0.15) is 21.6 Å². The van der Waals surface area contributed by atoms with E-state index >= 15 is 0 Å². The van der Waals surface area contributed by atoms with E-state index in [0.717, 1.165) is 13.2 Å². The number of nitro benzene ring substituents is 1. The lowest BCUT2D eigenvalue weighted by Crippen LogP contribution is -2.28. The molecule has 0 saturated heterocycles. The molecule has 0 unspecified atom stereocenters. The first-order chi connectivity index (χ1) is 11.5. The molecular weight excluding hydrogens is 371 g/mol. The zero-order valence-corrected chi connectivity index (χ0v) is 13.1. The average molecular weight is 379 g/mol. The van der Waals surface area contributed by atoms with E-state index in [1.807, 2.05) is 0 Å². The first-order valence-corrected chi connectivity index (χ1v) is 7.69. The number of fused-ring (bicyclic) bond motifs is 1. The SMILES string of the molecule is COC(=O)c1cc([N+](=O)[O-])c(OS(=O)(=O)C(F)(F)F)c2ccccc12. The van der Waals surface area contributed by atoms with Crippen LogP contribution in [0.5, 0.6) is 5.75 Å². The normalized spacial score (nSPS) is 12.0. The second-order valence-electron chi connectivity index (χ2n) is 4.55. The Morgan fingerprint density at radius 2 is 1.76 bits per heavy atom. The van der Waals surface area contributed by atoms with Crippen LogP contribution < -0.4 is 4.18 Å². The minimum absolute atomic E-state index is 0.0766. The maximum Gasteiger partial charge on any atom is 0.534 e. The number of methoxy groups -OCH3 is 1. The zero-order valence-electron chi connectivity index (χ0n) is 12.2. The molecule has 0 aliphatic rings. The van der Waals surface area contributed by atoms with Gasteiger partial charge < -0.3 is 8.92 Å². The number of nitrogens with zero attached hydrogens (tertiary/aromatic N) is 1. The molecule has 0 aliphatic heterocycles. The van der Waals surface area contributed by atoms with Crippen LogP contribution in [0.25, 0.3) is 10.8 Å². The van der Waals surface area contributed by atoms with Gasteiger partial charge in [0.2, 0.25) is 5.75 Å². The van der Waals surface area contributed by atoms with E-state index in [2.05, 4.69) is 8.92 Å². The van der Waals surface area contributed by atoms with E-state index in [9.17, 15) is 36.5 Å². The Balaban J connectivity index is 2.86. The van der Waals surface area contributed by atoms with Gasteiger partial charge in [-0.15, -0.1) is 0 Å². The van der Waals surface area contributed by atoms with Gasteiger partial charge in [0.1, 0.15) is 0 Å². The highest BCUT2D eigenvalue weighted by atomic mass is 32.2. The summed E-state index contributed by atoms with van der Waals surface area (Å²) < 4.78 is 68.6. The summed E-state index contributed by atoms with van der Waals surface area (Å²) in [5.41, 5.74) is -7.25. The summed E-state index contributed by atoms with van der Waals surface area (Å²) in [5, 5.41) is 10.7. The van der Waals surface area contributed by atoms with E-state index in [0.29, 0.717) is 6.07 Å². The smallest absolute Gasteiger partial charge is 0.465 e. The van der Waals surface area contributed by atoms with Crippen LogP contribution >= 0.6 is 0 Å². The summed E-state index contributed by atoms with van der Waals surface area (Å²) in [6.07, 6.45) is 0. The third-order valence-electron chi connectivity index (χ3n) is 3.05. The van der Waals surface area contributed by atoms with Crippen LogP contribution in [0.3, 0.4) is 0 Å². The van der Waals surface area contributed by atoms with Crippen molar-refractivity contribution in [3.63, 3.8) is 0 Å². The molecule has 134 valence electrons. The van der Waals surface area contributed by atoms with Crippen LogP contribution in [-0.2, 0) is 14.9 Å². The molecule has 0 aliphatic carbocycles. The van der Waals surface area contributed by atoms with Gasteiger partial charge in [-0.25, -0.2) is 4.79 Å². The van der Waals surface area contributed by atoms with E-state index in [4.69, 9.17) is 0 Å². The summed E-state index contributed by atoms with van der Waals surface area (Å²) in [6, 6.07) is 5.59. The predicted molar refractivity (Wildman–Crippen MR) is 77.5 cm³/mol. The maximum absolute atomic E-state index is 12.6. The fourth-order valence-corrected chi connectivity index (χ4v) is 2.48. The van der Waals surface area contributed by atoms with Crippen molar-refractivity contribution in [2.24, 2.45) is 0 Å². The Bertz CT molecular complexity index is 969. The van der Waals surface area contributed by atoms with Crippen molar-refractivity contribution in [1.82, 2.24) is 0 Å². The highest BCUT2D eigenvalue weighted by Gasteiger charge is 2.49. The third kappa shape index (κ3) is 3.33. The van der Waals surface area contributed by atoms with Gasteiger partial charge in [0.15, 0.2) is 0 Å². The number of carbonyl (C=O) groups excluding carboxylic acids is 1. The minimum atomic E-state index is -6.16. The van der Waals surface area contributed by atoms with Crippen LogP contribution in [0.2, 0.25) is 0 Å². The molecule has 0 N–H and O–H groups in total. The molecule has 8 nitrogen and oxygen atoms in total. The number of carbonyl (C=O) groups is 1.